The number of nitrogens with one attached hydrogen (secondary N) is 1. The molecule has 2 aromatic rings. The van der Waals surface area contributed by atoms with Crippen LogP contribution in [0.15, 0.2) is 48.5 Å². The summed E-state index contributed by atoms with van der Waals surface area (Å²) >= 11 is 0. The highest BCUT2D eigenvalue weighted by Gasteiger charge is 2.00. The van der Waals surface area contributed by atoms with Crippen LogP contribution in [0.25, 0.3) is 0 Å². The van der Waals surface area contributed by atoms with Crippen molar-refractivity contribution in [3.63, 3.8) is 0 Å². The summed E-state index contributed by atoms with van der Waals surface area (Å²) in [6.45, 7) is 5.94. The second-order valence-electron chi connectivity index (χ2n) is 5.76. The molecule has 0 aliphatic heterocycles. The summed E-state index contributed by atoms with van der Waals surface area (Å²) in [5.74, 6) is 2.46. The number of benzene rings is 2. The molecule has 0 atom stereocenters. The molecule has 0 aliphatic carbocycles. The topological polar surface area (TPSA) is 30.5 Å². The van der Waals surface area contributed by atoms with Crippen molar-refractivity contribution in [1.82, 2.24) is 0 Å². The van der Waals surface area contributed by atoms with Crippen molar-refractivity contribution in [3.8, 4) is 11.5 Å². The third-order valence-electron chi connectivity index (χ3n) is 3.43. The average Bonchev–Trinajstić information content (AvgIpc) is 2.53. The maximum Gasteiger partial charge on any atom is 0.120 e. The molecule has 0 aromatic heterocycles. The summed E-state index contributed by atoms with van der Waals surface area (Å²) < 4.78 is 11.0. The van der Waals surface area contributed by atoms with E-state index in [2.05, 4.69) is 31.3 Å². The molecule has 22 heavy (non-hydrogen) atoms. The van der Waals surface area contributed by atoms with E-state index in [-0.39, 0.29) is 0 Å². The lowest BCUT2D eigenvalue weighted by Gasteiger charge is -2.11. The second-order valence-corrected chi connectivity index (χ2v) is 5.76. The first-order valence-electron chi connectivity index (χ1n) is 7.77. The third kappa shape index (κ3) is 5.32. The van der Waals surface area contributed by atoms with Gasteiger partial charge in [-0.1, -0.05) is 32.0 Å². The van der Waals surface area contributed by atoms with Crippen LogP contribution in [0.3, 0.4) is 0 Å². The zero-order valence-corrected chi connectivity index (χ0v) is 13.6. The number of methoxy groups -OCH3 is 1. The largest absolute Gasteiger partial charge is 0.497 e. The van der Waals surface area contributed by atoms with Crippen LogP contribution in [0.1, 0.15) is 25.8 Å². The van der Waals surface area contributed by atoms with E-state index in [9.17, 15) is 0 Å². The van der Waals surface area contributed by atoms with Crippen molar-refractivity contribution in [1.29, 1.82) is 0 Å². The highest BCUT2D eigenvalue weighted by Crippen LogP contribution is 2.19. The van der Waals surface area contributed by atoms with Crippen LogP contribution < -0.4 is 14.8 Å². The van der Waals surface area contributed by atoms with Crippen LogP contribution in [0.5, 0.6) is 11.5 Å². The summed E-state index contributed by atoms with van der Waals surface area (Å²) in [5.41, 5.74) is 2.25. The van der Waals surface area contributed by atoms with Gasteiger partial charge in [0.15, 0.2) is 0 Å². The Morgan fingerprint density at radius 3 is 2.55 bits per heavy atom. The lowest BCUT2D eigenvalue weighted by Crippen LogP contribution is -2.03. The van der Waals surface area contributed by atoms with Crippen molar-refractivity contribution in [3.05, 3.63) is 54.1 Å². The van der Waals surface area contributed by atoms with Crippen molar-refractivity contribution < 1.29 is 9.47 Å². The predicted octanol–water partition coefficient (Wildman–Crippen LogP) is 4.73. The zero-order chi connectivity index (χ0) is 15.8. The first-order chi connectivity index (χ1) is 10.7. The molecule has 0 fully saturated rings. The summed E-state index contributed by atoms with van der Waals surface area (Å²) in [4.78, 5) is 0. The number of hydrogen-bond donors (Lipinski definition) is 1. The third-order valence-corrected chi connectivity index (χ3v) is 3.43. The predicted molar refractivity (Wildman–Crippen MR) is 91.7 cm³/mol. The lowest BCUT2D eigenvalue weighted by molar-refractivity contribution is 0.289. The van der Waals surface area contributed by atoms with E-state index in [1.807, 2.05) is 36.4 Å². The highest BCUT2D eigenvalue weighted by molar-refractivity contribution is 5.48. The normalized spacial score (nSPS) is 10.5. The first kappa shape index (κ1) is 16.2. The fourth-order valence-electron chi connectivity index (χ4n) is 2.09. The molecule has 0 saturated heterocycles. The summed E-state index contributed by atoms with van der Waals surface area (Å²) in [7, 11) is 1.68. The van der Waals surface area contributed by atoms with E-state index >= 15 is 0 Å². The fraction of sp³-hybridized carbons (Fsp3) is 0.368. The molecule has 118 valence electrons. The molecule has 0 radical (unpaired) electrons. The molecule has 0 aliphatic rings. The van der Waals surface area contributed by atoms with Crippen LogP contribution in [0.2, 0.25) is 0 Å². The highest BCUT2D eigenvalue weighted by atomic mass is 16.5. The molecule has 1 N–H and O–H groups in total. The summed E-state index contributed by atoms with van der Waals surface area (Å²) in [6, 6.07) is 16.2. The van der Waals surface area contributed by atoms with E-state index in [4.69, 9.17) is 9.47 Å². The van der Waals surface area contributed by atoms with Crippen LogP contribution >= 0.6 is 0 Å². The fourth-order valence-corrected chi connectivity index (χ4v) is 2.09. The first-order valence-corrected chi connectivity index (χ1v) is 7.77. The Hall–Kier alpha value is -2.16. The Balaban J connectivity index is 1.89. The maximum atomic E-state index is 5.80. The standard InChI is InChI=1S/C19H25NO2/c1-15(2)10-11-22-19-9-4-6-16(12-19)14-20-17-7-5-8-18(13-17)21-3/h4-9,12-13,15,20H,10-11,14H2,1-3H3. The Labute approximate surface area is 133 Å². The van der Waals surface area contributed by atoms with Crippen LogP contribution in [0, 0.1) is 5.92 Å². The van der Waals surface area contributed by atoms with E-state index in [0.717, 1.165) is 36.8 Å². The summed E-state index contributed by atoms with van der Waals surface area (Å²) in [5, 5.41) is 3.40. The minimum absolute atomic E-state index is 0.665. The molecule has 0 heterocycles. The van der Waals surface area contributed by atoms with Gasteiger partial charge < -0.3 is 14.8 Å². The van der Waals surface area contributed by atoms with Gasteiger partial charge in [0.1, 0.15) is 11.5 Å². The van der Waals surface area contributed by atoms with Gasteiger partial charge in [-0.25, -0.2) is 0 Å². The van der Waals surface area contributed by atoms with E-state index < -0.39 is 0 Å². The Morgan fingerprint density at radius 1 is 1.00 bits per heavy atom. The van der Waals surface area contributed by atoms with E-state index in [1.54, 1.807) is 7.11 Å². The lowest BCUT2D eigenvalue weighted by atomic mass is 10.1. The Kier molecular flexibility index (Phi) is 6.13. The number of hydrogen-bond acceptors (Lipinski definition) is 3. The minimum Gasteiger partial charge on any atom is -0.497 e. The van der Waals surface area contributed by atoms with Gasteiger partial charge in [0.2, 0.25) is 0 Å². The molecule has 3 nitrogen and oxygen atoms in total. The van der Waals surface area contributed by atoms with E-state index in [0.29, 0.717) is 5.92 Å². The molecule has 2 aromatic carbocycles. The average molecular weight is 299 g/mol. The number of rotatable bonds is 8. The van der Waals surface area contributed by atoms with Gasteiger partial charge >= 0.3 is 0 Å². The smallest absolute Gasteiger partial charge is 0.120 e. The monoisotopic (exact) mass is 299 g/mol. The van der Waals surface area contributed by atoms with Crippen molar-refractivity contribution in [2.24, 2.45) is 5.92 Å². The molecule has 0 spiro atoms. The van der Waals surface area contributed by atoms with Crippen molar-refractivity contribution in [2.45, 2.75) is 26.8 Å². The minimum atomic E-state index is 0.665. The quantitative estimate of drug-likeness (QED) is 0.764. The molecular weight excluding hydrogens is 274 g/mol. The van der Waals surface area contributed by atoms with Gasteiger partial charge in [-0.05, 0) is 42.2 Å². The van der Waals surface area contributed by atoms with Gasteiger partial charge in [-0.2, -0.15) is 0 Å². The van der Waals surface area contributed by atoms with Crippen LogP contribution in [0.4, 0.5) is 5.69 Å². The van der Waals surface area contributed by atoms with Crippen LogP contribution in [-0.2, 0) is 6.54 Å². The number of anilines is 1. The van der Waals surface area contributed by atoms with Gasteiger partial charge in [0.25, 0.3) is 0 Å². The van der Waals surface area contributed by atoms with Crippen molar-refractivity contribution in [2.75, 3.05) is 19.0 Å². The Bertz CT molecular complexity index is 581. The molecular formula is C19H25NO2. The second kappa shape index (κ2) is 8.32. The molecule has 0 saturated carbocycles. The van der Waals surface area contributed by atoms with E-state index in [1.165, 1.54) is 5.56 Å². The maximum absolute atomic E-state index is 5.80. The molecule has 0 bridgehead atoms. The molecule has 3 heteroatoms. The molecule has 0 unspecified atom stereocenters. The van der Waals surface area contributed by atoms with Crippen molar-refractivity contribution >= 4 is 5.69 Å². The summed E-state index contributed by atoms with van der Waals surface area (Å²) in [6.07, 6.45) is 1.08. The molecule has 2 rings (SSSR count). The SMILES string of the molecule is COc1cccc(NCc2cccc(OCCC(C)C)c2)c1. The van der Waals surface area contributed by atoms with Gasteiger partial charge in [-0.3, -0.25) is 0 Å². The zero-order valence-electron chi connectivity index (χ0n) is 13.6. The Morgan fingerprint density at radius 2 is 1.77 bits per heavy atom. The van der Waals surface area contributed by atoms with Gasteiger partial charge in [0, 0.05) is 18.3 Å². The number of ether oxygens (including phenoxy) is 2. The van der Waals surface area contributed by atoms with Gasteiger partial charge in [-0.15, -0.1) is 0 Å². The van der Waals surface area contributed by atoms with Crippen LogP contribution in [-0.4, -0.2) is 13.7 Å². The molecule has 0 amide bonds. The van der Waals surface area contributed by atoms with Gasteiger partial charge in [0.05, 0.1) is 13.7 Å².